The normalized spacial score (nSPS) is 11.8. The lowest BCUT2D eigenvalue weighted by molar-refractivity contribution is 0.669. The molecule has 3 heteroatoms. The molecular weight excluding hydrogens is 645 g/mol. The predicted octanol–water partition coefficient (Wildman–Crippen LogP) is 14.1. The summed E-state index contributed by atoms with van der Waals surface area (Å²) in [5, 5.41) is 7.42. The highest BCUT2D eigenvalue weighted by Crippen LogP contribution is 2.43. The van der Waals surface area contributed by atoms with Gasteiger partial charge in [-0.1, -0.05) is 133 Å². The number of furan rings is 1. The highest BCUT2D eigenvalue weighted by molar-refractivity contribution is 6.24. The van der Waals surface area contributed by atoms with Crippen molar-refractivity contribution in [1.82, 2.24) is 4.57 Å². The Morgan fingerprint density at radius 3 is 1.64 bits per heavy atom. The molecule has 0 unspecified atom stereocenters. The quantitative estimate of drug-likeness (QED) is 0.164. The molecule has 2 aromatic heterocycles. The highest BCUT2D eigenvalue weighted by atomic mass is 16.3. The summed E-state index contributed by atoms with van der Waals surface area (Å²) < 4.78 is 8.99. The molecule has 0 bridgehead atoms. The molecule has 2 heterocycles. The second kappa shape index (κ2) is 11.7. The maximum absolute atomic E-state index is 6.57. The summed E-state index contributed by atoms with van der Waals surface area (Å²) in [4.78, 5) is 2.31. The maximum Gasteiger partial charge on any atom is 0.159 e. The number of fused-ring (bicyclic) bond motifs is 3. The zero-order valence-electron chi connectivity index (χ0n) is 28.8. The Morgan fingerprint density at radius 2 is 0.943 bits per heavy atom. The molecule has 0 fully saturated rings. The minimum Gasteiger partial charge on any atom is -0.454 e. The van der Waals surface area contributed by atoms with Crippen molar-refractivity contribution >= 4 is 71.6 Å². The Morgan fingerprint density at radius 1 is 0.396 bits per heavy atom. The summed E-state index contributed by atoms with van der Waals surface area (Å²) in [5.41, 5.74) is 13.2. The number of para-hydroxylation sites is 2. The Labute approximate surface area is 306 Å². The lowest BCUT2D eigenvalue weighted by atomic mass is 10.0. The van der Waals surface area contributed by atoms with Crippen molar-refractivity contribution in [1.29, 1.82) is 0 Å². The number of rotatable bonds is 6. The van der Waals surface area contributed by atoms with Gasteiger partial charge in [0.25, 0.3) is 0 Å². The van der Waals surface area contributed by atoms with Gasteiger partial charge in [-0.2, -0.15) is 0 Å². The van der Waals surface area contributed by atoms with Crippen LogP contribution in [-0.4, -0.2) is 4.57 Å². The van der Waals surface area contributed by atoms with Gasteiger partial charge in [0, 0.05) is 38.6 Å². The molecule has 53 heavy (non-hydrogen) atoms. The topological polar surface area (TPSA) is 21.3 Å². The van der Waals surface area contributed by atoms with Crippen molar-refractivity contribution in [3.8, 4) is 27.9 Å². The van der Waals surface area contributed by atoms with E-state index in [9.17, 15) is 0 Å². The van der Waals surface area contributed by atoms with Gasteiger partial charge < -0.3 is 13.9 Å². The Kier molecular flexibility index (Phi) is 6.55. The molecule has 0 spiro atoms. The minimum atomic E-state index is 0.870. The Hall–Kier alpha value is -7.10. The van der Waals surface area contributed by atoms with Crippen LogP contribution in [0.15, 0.2) is 199 Å². The van der Waals surface area contributed by atoms with Gasteiger partial charge in [0.15, 0.2) is 5.58 Å². The van der Waals surface area contributed by atoms with E-state index >= 15 is 0 Å². The number of nitrogens with zero attached hydrogens (tertiary/aromatic N) is 2. The molecule has 0 saturated heterocycles. The van der Waals surface area contributed by atoms with E-state index in [-0.39, 0.29) is 0 Å². The molecule has 0 N–H and O–H groups in total. The van der Waals surface area contributed by atoms with Crippen molar-refractivity contribution in [3.05, 3.63) is 194 Å². The van der Waals surface area contributed by atoms with Crippen LogP contribution in [0.5, 0.6) is 0 Å². The lowest BCUT2D eigenvalue weighted by Crippen LogP contribution is -2.10. The van der Waals surface area contributed by atoms with Gasteiger partial charge in [-0.3, -0.25) is 0 Å². The second-order valence-electron chi connectivity index (χ2n) is 13.7. The zero-order valence-corrected chi connectivity index (χ0v) is 28.8. The summed E-state index contributed by atoms with van der Waals surface area (Å²) in [6.07, 6.45) is 0. The zero-order chi connectivity index (χ0) is 34.9. The van der Waals surface area contributed by atoms with E-state index in [1.807, 2.05) is 12.1 Å². The highest BCUT2D eigenvalue weighted by Gasteiger charge is 2.20. The van der Waals surface area contributed by atoms with Crippen LogP contribution in [0.1, 0.15) is 0 Å². The smallest absolute Gasteiger partial charge is 0.159 e. The van der Waals surface area contributed by atoms with Gasteiger partial charge in [-0.15, -0.1) is 0 Å². The Balaban J connectivity index is 1.03. The molecule has 0 saturated carbocycles. The van der Waals surface area contributed by atoms with E-state index in [4.69, 9.17) is 4.42 Å². The van der Waals surface area contributed by atoms with E-state index in [2.05, 4.69) is 191 Å². The maximum atomic E-state index is 6.57. The fourth-order valence-corrected chi connectivity index (χ4v) is 8.29. The number of benzene rings is 9. The molecule has 0 aliphatic heterocycles. The summed E-state index contributed by atoms with van der Waals surface area (Å²) in [6, 6.07) is 69.6. The molecule has 9 aromatic carbocycles. The SMILES string of the molecule is c1ccc(-c2ccc(N(c3ccc(-c4cccc(-n5c6cccc7ccc8cccc5c8c76)c4)cc3)c3cccc4c3oc3ccccc34)cc2)cc1. The molecule has 0 atom stereocenters. The van der Waals surface area contributed by atoms with Crippen LogP contribution >= 0.6 is 0 Å². The summed E-state index contributed by atoms with van der Waals surface area (Å²) >= 11 is 0. The molecule has 0 aliphatic carbocycles. The first kappa shape index (κ1) is 29.6. The first-order valence-corrected chi connectivity index (χ1v) is 18.1. The van der Waals surface area contributed by atoms with E-state index in [0.29, 0.717) is 0 Å². The number of hydrogen-bond acceptors (Lipinski definition) is 2. The van der Waals surface area contributed by atoms with Gasteiger partial charge in [-0.25, -0.2) is 0 Å². The molecule has 11 aromatic rings. The average Bonchev–Trinajstić information content (AvgIpc) is 3.79. The van der Waals surface area contributed by atoms with Crippen LogP contribution in [0, 0.1) is 0 Å². The monoisotopic (exact) mass is 676 g/mol. The Bertz CT molecular complexity index is 3030. The van der Waals surface area contributed by atoms with E-state index < -0.39 is 0 Å². The second-order valence-corrected chi connectivity index (χ2v) is 13.7. The van der Waals surface area contributed by atoms with Crippen LogP contribution in [-0.2, 0) is 0 Å². The third kappa shape index (κ3) is 4.68. The van der Waals surface area contributed by atoms with Gasteiger partial charge in [-0.05, 0) is 93.7 Å². The fraction of sp³-hybridized carbons (Fsp3) is 0. The van der Waals surface area contributed by atoms with E-state index in [1.54, 1.807) is 0 Å². The summed E-state index contributed by atoms with van der Waals surface area (Å²) in [7, 11) is 0. The van der Waals surface area contributed by atoms with Crippen LogP contribution in [0.4, 0.5) is 17.1 Å². The van der Waals surface area contributed by atoms with Crippen molar-refractivity contribution in [2.24, 2.45) is 0 Å². The van der Waals surface area contributed by atoms with Crippen LogP contribution < -0.4 is 4.90 Å². The van der Waals surface area contributed by atoms with Gasteiger partial charge >= 0.3 is 0 Å². The molecule has 0 radical (unpaired) electrons. The number of aromatic nitrogens is 1. The first-order chi connectivity index (χ1) is 26.3. The lowest BCUT2D eigenvalue weighted by Gasteiger charge is -2.26. The third-order valence-corrected chi connectivity index (χ3v) is 10.7. The van der Waals surface area contributed by atoms with Crippen molar-refractivity contribution < 1.29 is 4.42 Å². The predicted molar refractivity (Wildman–Crippen MR) is 222 cm³/mol. The number of anilines is 3. The van der Waals surface area contributed by atoms with Gasteiger partial charge in [0.2, 0.25) is 0 Å². The summed E-state index contributed by atoms with van der Waals surface area (Å²) in [5.74, 6) is 0. The minimum absolute atomic E-state index is 0.870. The molecule has 248 valence electrons. The molecule has 0 amide bonds. The standard InChI is InChI=1S/C50H32N2O/c1-2-10-33(11-3-1)34-24-28-39(29-25-34)51(46-20-9-17-43-42-16-4-5-21-47(42)53-50(43)46)40-30-26-35(27-31-40)38-14-6-15-41(32-38)52-44-18-7-12-36-22-23-37-13-8-19-45(52)49(37)48(36)44/h1-32H. The van der Waals surface area contributed by atoms with Crippen molar-refractivity contribution in [3.63, 3.8) is 0 Å². The van der Waals surface area contributed by atoms with E-state index in [1.165, 1.54) is 49.3 Å². The van der Waals surface area contributed by atoms with Crippen LogP contribution in [0.2, 0.25) is 0 Å². The largest absolute Gasteiger partial charge is 0.454 e. The first-order valence-electron chi connectivity index (χ1n) is 18.1. The number of hydrogen-bond donors (Lipinski definition) is 0. The molecule has 11 rings (SSSR count). The van der Waals surface area contributed by atoms with Crippen molar-refractivity contribution in [2.45, 2.75) is 0 Å². The molecular formula is C50H32N2O. The average molecular weight is 677 g/mol. The van der Waals surface area contributed by atoms with Crippen molar-refractivity contribution in [2.75, 3.05) is 4.90 Å². The third-order valence-electron chi connectivity index (χ3n) is 10.7. The van der Waals surface area contributed by atoms with Crippen LogP contribution in [0.3, 0.4) is 0 Å². The molecule has 0 aliphatic rings. The molecule has 3 nitrogen and oxygen atoms in total. The van der Waals surface area contributed by atoms with Crippen LogP contribution in [0.25, 0.3) is 82.5 Å². The van der Waals surface area contributed by atoms with Gasteiger partial charge in [0.1, 0.15) is 5.58 Å². The fourth-order valence-electron chi connectivity index (χ4n) is 8.29. The van der Waals surface area contributed by atoms with Gasteiger partial charge in [0.05, 0.1) is 16.7 Å². The summed E-state index contributed by atoms with van der Waals surface area (Å²) in [6.45, 7) is 0. The van der Waals surface area contributed by atoms with E-state index in [0.717, 1.165) is 50.3 Å².